The molecule has 0 unspecified atom stereocenters. The van der Waals surface area contributed by atoms with Crippen molar-refractivity contribution in [3.8, 4) is 0 Å². The molecule has 2 aliphatic rings. The van der Waals surface area contributed by atoms with E-state index >= 15 is 0 Å². The molecular formula is C18H10Br2N2O2. The van der Waals surface area contributed by atoms with Crippen LogP contribution in [0.4, 0.5) is 0 Å². The van der Waals surface area contributed by atoms with Crippen molar-refractivity contribution < 1.29 is 9.59 Å². The molecule has 0 aromatic heterocycles. The third kappa shape index (κ3) is 2.42. The number of hydrogen-bond donors (Lipinski definition) is 2. The van der Waals surface area contributed by atoms with Gasteiger partial charge in [-0.15, -0.1) is 0 Å². The topological polar surface area (TPSA) is 58.2 Å². The molecule has 0 fully saturated rings. The van der Waals surface area contributed by atoms with Gasteiger partial charge in [0.25, 0.3) is 11.8 Å². The summed E-state index contributed by atoms with van der Waals surface area (Å²) in [7, 11) is 0. The predicted octanol–water partition coefficient (Wildman–Crippen LogP) is 3.59. The third-order valence-corrected chi connectivity index (χ3v) is 5.00. The van der Waals surface area contributed by atoms with Crippen LogP contribution in [0.3, 0.4) is 0 Å². The molecule has 6 heteroatoms. The summed E-state index contributed by atoms with van der Waals surface area (Å²) in [6.07, 6.45) is 0. The molecule has 118 valence electrons. The molecule has 2 aromatic rings. The monoisotopic (exact) mass is 444 g/mol. The molecule has 0 saturated heterocycles. The SMILES string of the molecule is O=C1NC(c2ccc(Br)cc2)=C2C(=O)NC(c3ccc(Br)cc3)=C12. The highest BCUT2D eigenvalue weighted by molar-refractivity contribution is 9.10. The molecule has 2 N–H and O–H groups in total. The standard InChI is InChI=1S/C18H10Br2N2O2/c19-11-5-1-9(2-6-11)15-13-14(18(24)21-15)16(22-17(13)23)10-3-7-12(20)8-4-10/h1-8H,(H,21,24)(H,22,23). The van der Waals surface area contributed by atoms with Crippen LogP contribution in [0.15, 0.2) is 68.6 Å². The first-order valence-electron chi connectivity index (χ1n) is 7.18. The molecule has 2 heterocycles. The zero-order chi connectivity index (χ0) is 16.8. The normalized spacial score (nSPS) is 16.4. The summed E-state index contributed by atoms with van der Waals surface area (Å²) in [6.45, 7) is 0. The minimum absolute atomic E-state index is 0.265. The Hall–Kier alpha value is -2.18. The maximum Gasteiger partial charge on any atom is 0.258 e. The van der Waals surface area contributed by atoms with Crippen molar-refractivity contribution in [3.05, 3.63) is 79.7 Å². The van der Waals surface area contributed by atoms with E-state index in [1.54, 1.807) is 0 Å². The summed E-state index contributed by atoms with van der Waals surface area (Å²) in [4.78, 5) is 25.0. The molecule has 2 aliphatic heterocycles. The summed E-state index contributed by atoms with van der Waals surface area (Å²) >= 11 is 6.77. The lowest BCUT2D eigenvalue weighted by Crippen LogP contribution is -2.21. The number of carbonyl (C=O) groups is 2. The van der Waals surface area contributed by atoms with Crippen molar-refractivity contribution >= 4 is 55.1 Å². The van der Waals surface area contributed by atoms with Crippen LogP contribution < -0.4 is 10.6 Å². The number of benzene rings is 2. The predicted molar refractivity (Wildman–Crippen MR) is 98.4 cm³/mol. The lowest BCUT2D eigenvalue weighted by atomic mass is 10.0. The van der Waals surface area contributed by atoms with Crippen LogP contribution in [0.25, 0.3) is 11.4 Å². The molecule has 0 atom stereocenters. The number of carbonyl (C=O) groups excluding carboxylic acids is 2. The van der Waals surface area contributed by atoms with Gasteiger partial charge in [0, 0.05) is 8.95 Å². The van der Waals surface area contributed by atoms with Crippen molar-refractivity contribution in [1.29, 1.82) is 0 Å². The van der Waals surface area contributed by atoms with Gasteiger partial charge in [-0.3, -0.25) is 9.59 Å². The Labute approximate surface area is 154 Å². The largest absolute Gasteiger partial charge is 0.321 e. The van der Waals surface area contributed by atoms with Crippen molar-refractivity contribution in [3.63, 3.8) is 0 Å². The maximum atomic E-state index is 12.5. The number of amides is 2. The van der Waals surface area contributed by atoms with Gasteiger partial charge >= 0.3 is 0 Å². The van der Waals surface area contributed by atoms with E-state index in [0.717, 1.165) is 20.1 Å². The van der Waals surface area contributed by atoms with E-state index in [1.807, 2.05) is 48.5 Å². The average molecular weight is 446 g/mol. The first-order chi connectivity index (χ1) is 11.5. The van der Waals surface area contributed by atoms with E-state index in [-0.39, 0.29) is 11.8 Å². The Kier molecular flexibility index (Phi) is 3.66. The Morgan fingerprint density at radius 1 is 0.583 bits per heavy atom. The van der Waals surface area contributed by atoms with Crippen LogP contribution in [-0.2, 0) is 9.59 Å². The van der Waals surface area contributed by atoms with Gasteiger partial charge in [-0.25, -0.2) is 0 Å². The number of fused-ring (bicyclic) bond motifs is 1. The third-order valence-electron chi connectivity index (χ3n) is 3.95. The van der Waals surface area contributed by atoms with Gasteiger partial charge < -0.3 is 10.6 Å². The molecule has 0 radical (unpaired) electrons. The maximum absolute atomic E-state index is 12.5. The second-order valence-corrected chi connectivity index (χ2v) is 7.25. The summed E-state index contributed by atoms with van der Waals surface area (Å²) in [6, 6.07) is 14.9. The van der Waals surface area contributed by atoms with Crippen molar-refractivity contribution in [2.75, 3.05) is 0 Å². The number of rotatable bonds is 2. The van der Waals surface area contributed by atoms with E-state index in [4.69, 9.17) is 0 Å². The van der Waals surface area contributed by atoms with Crippen molar-refractivity contribution in [2.45, 2.75) is 0 Å². The molecule has 2 aromatic carbocycles. The second kappa shape index (κ2) is 5.72. The van der Waals surface area contributed by atoms with Gasteiger partial charge in [-0.05, 0) is 35.4 Å². The smallest absolute Gasteiger partial charge is 0.258 e. The van der Waals surface area contributed by atoms with E-state index in [0.29, 0.717) is 22.5 Å². The van der Waals surface area contributed by atoms with Gasteiger partial charge in [-0.2, -0.15) is 0 Å². The van der Waals surface area contributed by atoms with Crippen LogP contribution in [-0.4, -0.2) is 11.8 Å². The van der Waals surface area contributed by atoms with Crippen molar-refractivity contribution in [2.24, 2.45) is 0 Å². The lowest BCUT2D eigenvalue weighted by Gasteiger charge is -2.07. The molecule has 0 aliphatic carbocycles. The highest BCUT2D eigenvalue weighted by Crippen LogP contribution is 2.37. The highest BCUT2D eigenvalue weighted by Gasteiger charge is 2.40. The summed E-state index contributed by atoms with van der Waals surface area (Å²) < 4.78 is 1.87. The van der Waals surface area contributed by atoms with Crippen LogP contribution in [0.5, 0.6) is 0 Å². The number of hydrogen-bond acceptors (Lipinski definition) is 2. The Bertz CT molecular complexity index is 862. The molecule has 4 nitrogen and oxygen atoms in total. The average Bonchev–Trinajstić information content (AvgIpc) is 3.08. The Balaban J connectivity index is 1.88. The van der Waals surface area contributed by atoms with E-state index in [1.165, 1.54) is 0 Å². The summed E-state index contributed by atoms with van der Waals surface area (Å²) in [5.41, 5.74) is 3.49. The highest BCUT2D eigenvalue weighted by atomic mass is 79.9. The summed E-state index contributed by atoms with van der Waals surface area (Å²) in [5.74, 6) is -0.529. The van der Waals surface area contributed by atoms with Crippen LogP contribution in [0.2, 0.25) is 0 Å². The van der Waals surface area contributed by atoms with Gasteiger partial charge in [-0.1, -0.05) is 56.1 Å². The van der Waals surface area contributed by atoms with E-state index < -0.39 is 0 Å². The Morgan fingerprint density at radius 3 is 1.25 bits per heavy atom. The van der Waals surface area contributed by atoms with E-state index in [9.17, 15) is 9.59 Å². The van der Waals surface area contributed by atoms with Gasteiger partial charge in [0.1, 0.15) is 0 Å². The lowest BCUT2D eigenvalue weighted by molar-refractivity contribution is -0.117. The molecule has 0 spiro atoms. The quantitative estimate of drug-likeness (QED) is 0.742. The van der Waals surface area contributed by atoms with Crippen LogP contribution in [0.1, 0.15) is 11.1 Å². The molecule has 4 rings (SSSR count). The van der Waals surface area contributed by atoms with Crippen LogP contribution in [0, 0.1) is 0 Å². The minimum Gasteiger partial charge on any atom is -0.321 e. The number of nitrogens with one attached hydrogen (secondary N) is 2. The molecular weight excluding hydrogens is 436 g/mol. The fraction of sp³-hybridized carbons (Fsp3) is 0. The molecule has 0 bridgehead atoms. The minimum atomic E-state index is -0.265. The zero-order valence-corrected chi connectivity index (χ0v) is 15.4. The molecule has 24 heavy (non-hydrogen) atoms. The first kappa shape index (κ1) is 15.4. The molecule has 2 amide bonds. The first-order valence-corrected chi connectivity index (χ1v) is 8.76. The van der Waals surface area contributed by atoms with Gasteiger partial charge in [0.05, 0.1) is 22.5 Å². The molecule has 0 saturated carbocycles. The van der Waals surface area contributed by atoms with Gasteiger partial charge in [0.15, 0.2) is 0 Å². The fourth-order valence-electron chi connectivity index (χ4n) is 2.85. The van der Waals surface area contributed by atoms with Crippen LogP contribution >= 0.6 is 31.9 Å². The Morgan fingerprint density at radius 2 is 0.917 bits per heavy atom. The van der Waals surface area contributed by atoms with Gasteiger partial charge in [0.2, 0.25) is 0 Å². The number of halogens is 2. The fourth-order valence-corrected chi connectivity index (χ4v) is 3.38. The zero-order valence-electron chi connectivity index (χ0n) is 12.2. The van der Waals surface area contributed by atoms with Crippen molar-refractivity contribution in [1.82, 2.24) is 10.6 Å². The second-order valence-electron chi connectivity index (χ2n) is 5.42. The summed E-state index contributed by atoms with van der Waals surface area (Å²) in [5, 5.41) is 5.66. The van der Waals surface area contributed by atoms with E-state index in [2.05, 4.69) is 42.5 Å².